The first-order valence-corrected chi connectivity index (χ1v) is 11.5. The molecule has 37 heavy (non-hydrogen) atoms. The normalized spacial score (nSPS) is 13.2. The Morgan fingerprint density at radius 1 is 1.11 bits per heavy atom. The van der Waals surface area contributed by atoms with Crippen LogP contribution in [0.2, 0.25) is 0 Å². The topological polar surface area (TPSA) is 155 Å². The van der Waals surface area contributed by atoms with Crippen LogP contribution in [0.25, 0.3) is 0 Å². The number of aromatic carboxylic acids is 1. The number of sulfonamides is 1. The van der Waals surface area contributed by atoms with Gasteiger partial charge in [0.1, 0.15) is 17.1 Å². The van der Waals surface area contributed by atoms with Crippen molar-refractivity contribution in [3.63, 3.8) is 0 Å². The summed E-state index contributed by atoms with van der Waals surface area (Å²) in [5.41, 5.74) is 0.854. The molecule has 0 saturated heterocycles. The van der Waals surface area contributed by atoms with Gasteiger partial charge in [-0.1, -0.05) is 0 Å². The second-order valence-corrected chi connectivity index (χ2v) is 9.28. The number of aromatic nitrogens is 1. The van der Waals surface area contributed by atoms with Gasteiger partial charge in [0, 0.05) is 12.3 Å². The number of pyridine rings is 1. The van der Waals surface area contributed by atoms with Crippen LogP contribution in [0, 0.1) is 11.6 Å². The molecule has 4 rings (SSSR count). The van der Waals surface area contributed by atoms with E-state index in [0.29, 0.717) is 30.3 Å². The third-order valence-electron chi connectivity index (χ3n) is 5.27. The van der Waals surface area contributed by atoms with E-state index < -0.39 is 67.1 Å². The summed E-state index contributed by atoms with van der Waals surface area (Å²) in [5.74, 6) is -5.98. The zero-order valence-electron chi connectivity index (χ0n) is 18.1. The average molecular weight is 543 g/mol. The molecule has 2 aromatic carbocycles. The van der Waals surface area contributed by atoms with E-state index in [0.717, 1.165) is 17.2 Å². The van der Waals surface area contributed by atoms with Crippen molar-refractivity contribution in [2.24, 2.45) is 5.73 Å². The van der Waals surface area contributed by atoms with Crippen molar-refractivity contribution in [3.8, 4) is 0 Å². The Kier molecular flexibility index (Phi) is 6.15. The van der Waals surface area contributed by atoms with Crippen molar-refractivity contribution < 1.29 is 45.1 Å². The van der Waals surface area contributed by atoms with Gasteiger partial charge in [-0.2, -0.15) is 13.2 Å². The number of hydrogen-bond acceptors (Lipinski definition) is 7. The fourth-order valence-corrected chi connectivity index (χ4v) is 4.60. The molecule has 0 aliphatic carbocycles. The number of amides is 1. The second-order valence-electron chi connectivity index (χ2n) is 7.59. The predicted molar refractivity (Wildman–Crippen MR) is 119 cm³/mol. The number of rotatable bonds is 6. The van der Waals surface area contributed by atoms with Gasteiger partial charge < -0.3 is 21.1 Å². The molecule has 194 valence electrons. The minimum absolute atomic E-state index is 0.000466. The van der Waals surface area contributed by atoms with E-state index in [1.54, 1.807) is 0 Å². The van der Waals surface area contributed by atoms with Crippen LogP contribution in [-0.4, -0.2) is 37.1 Å². The van der Waals surface area contributed by atoms with Crippen LogP contribution >= 0.6 is 0 Å². The van der Waals surface area contributed by atoms with E-state index >= 15 is 4.39 Å². The van der Waals surface area contributed by atoms with Crippen LogP contribution in [0.15, 0.2) is 47.5 Å². The molecule has 0 saturated carbocycles. The molecule has 2 heterocycles. The van der Waals surface area contributed by atoms with Crippen molar-refractivity contribution in [1.29, 1.82) is 0 Å². The zero-order chi connectivity index (χ0) is 27.3. The second kappa shape index (κ2) is 8.88. The maximum absolute atomic E-state index is 15.4. The molecule has 0 bridgehead atoms. The molecule has 1 aliphatic heterocycles. The Bertz CT molecular complexity index is 1540. The van der Waals surface area contributed by atoms with Gasteiger partial charge in [0.2, 0.25) is 0 Å². The van der Waals surface area contributed by atoms with Crippen LogP contribution < -0.4 is 20.7 Å². The standard InChI is InChI=1S/C21H14F5N5O5S/c22-12-6-13(31-8-29-19-14(31)5-9(7-28-19)20(33)34)17(16(23)15(12)18(27)32)30-37(35,36)11-3-1-10(2-4-11)21(24,25)26/h1-7,30H,8H2,(H2,27,32)(H,28,29)(H,33,34). The number of primary amides is 1. The van der Waals surface area contributed by atoms with Crippen LogP contribution in [0.1, 0.15) is 26.3 Å². The van der Waals surface area contributed by atoms with Gasteiger partial charge in [0.25, 0.3) is 15.9 Å². The van der Waals surface area contributed by atoms with E-state index in [1.807, 2.05) is 4.72 Å². The number of halogens is 5. The molecule has 3 aromatic rings. The first kappa shape index (κ1) is 25.6. The number of carboxylic acid groups (broad SMARTS) is 1. The van der Waals surface area contributed by atoms with Gasteiger partial charge in [-0.05, 0) is 30.3 Å². The molecule has 0 radical (unpaired) electrons. The summed E-state index contributed by atoms with van der Waals surface area (Å²) in [6, 6.07) is 3.93. The Hall–Kier alpha value is -4.47. The molecule has 0 spiro atoms. The third-order valence-corrected chi connectivity index (χ3v) is 6.64. The highest BCUT2D eigenvalue weighted by molar-refractivity contribution is 7.92. The molecule has 16 heteroatoms. The number of anilines is 4. The fraction of sp³-hybridized carbons (Fsp3) is 0.0952. The Morgan fingerprint density at radius 2 is 1.76 bits per heavy atom. The minimum Gasteiger partial charge on any atom is -0.478 e. The molecule has 0 fully saturated rings. The van der Waals surface area contributed by atoms with Crippen molar-refractivity contribution in [2.75, 3.05) is 21.6 Å². The van der Waals surface area contributed by atoms with Crippen LogP contribution in [0.3, 0.4) is 0 Å². The smallest absolute Gasteiger partial charge is 0.416 e. The molecule has 0 atom stereocenters. The van der Waals surface area contributed by atoms with Gasteiger partial charge in [-0.25, -0.2) is 27.0 Å². The number of nitrogens with two attached hydrogens (primary N) is 1. The largest absolute Gasteiger partial charge is 0.478 e. The number of carbonyl (C=O) groups excluding carboxylic acids is 1. The third kappa shape index (κ3) is 4.69. The number of carbonyl (C=O) groups is 2. The van der Waals surface area contributed by atoms with Gasteiger partial charge >= 0.3 is 12.1 Å². The number of fused-ring (bicyclic) bond motifs is 1. The molecule has 10 nitrogen and oxygen atoms in total. The maximum atomic E-state index is 15.4. The summed E-state index contributed by atoms with van der Waals surface area (Å²) >= 11 is 0. The van der Waals surface area contributed by atoms with Crippen molar-refractivity contribution in [2.45, 2.75) is 11.1 Å². The SMILES string of the molecule is NC(=O)c1c(F)cc(N2CNc3ncc(C(=O)O)cc32)c(NS(=O)(=O)c2ccc(C(F)(F)F)cc2)c1F. The van der Waals surface area contributed by atoms with Gasteiger partial charge in [-0.3, -0.25) is 9.52 Å². The summed E-state index contributed by atoms with van der Waals surface area (Å²) in [5, 5.41) is 12.0. The highest BCUT2D eigenvalue weighted by atomic mass is 32.2. The summed E-state index contributed by atoms with van der Waals surface area (Å²) in [6.07, 6.45) is -3.73. The number of nitrogens with zero attached hydrogens (tertiary/aromatic N) is 2. The monoisotopic (exact) mass is 543 g/mol. The van der Waals surface area contributed by atoms with E-state index in [4.69, 9.17) is 5.73 Å². The minimum atomic E-state index is -4.79. The molecule has 1 amide bonds. The average Bonchev–Trinajstić information content (AvgIpc) is 3.23. The molecule has 1 aliphatic rings. The Morgan fingerprint density at radius 3 is 2.32 bits per heavy atom. The lowest BCUT2D eigenvalue weighted by Crippen LogP contribution is -2.24. The molecule has 1 aromatic heterocycles. The fourth-order valence-electron chi connectivity index (χ4n) is 3.52. The molecule has 5 N–H and O–H groups in total. The van der Waals surface area contributed by atoms with Crippen LogP contribution in [-0.2, 0) is 16.2 Å². The number of nitrogens with one attached hydrogen (secondary N) is 2. The lowest BCUT2D eigenvalue weighted by molar-refractivity contribution is -0.137. The molecular formula is C21H14F5N5O5S. The van der Waals surface area contributed by atoms with Crippen molar-refractivity contribution in [1.82, 2.24) is 4.98 Å². The first-order chi connectivity index (χ1) is 17.2. The summed E-state index contributed by atoms with van der Waals surface area (Å²) in [6.45, 7) is -0.255. The number of hydrogen-bond donors (Lipinski definition) is 4. The van der Waals surface area contributed by atoms with Gasteiger partial charge in [0.15, 0.2) is 11.6 Å². The van der Waals surface area contributed by atoms with E-state index in [9.17, 15) is 40.7 Å². The summed E-state index contributed by atoms with van der Waals surface area (Å²) in [7, 11) is -4.79. The highest BCUT2D eigenvalue weighted by Crippen LogP contribution is 2.42. The Balaban J connectivity index is 1.86. The Labute approximate surface area is 204 Å². The quantitative estimate of drug-likeness (QED) is 0.345. The summed E-state index contributed by atoms with van der Waals surface area (Å²) < 4.78 is 96.4. The van der Waals surface area contributed by atoms with Gasteiger partial charge in [-0.15, -0.1) is 0 Å². The van der Waals surface area contributed by atoms with Crippen LogP contribution in [0.5, 0.6) is 0 Å². The zero-order valence-corrected chi connectivity index (χ0v) is 18.9. The van der Waals surface area contributed by atoms with Crippen molar-refractivity contribution in [3.05, 3.63) is 70.9 Å². The lowest BCUT2D eigenvalue weighted by atomic mass is 10.1. The predicted octanol–water partition coefficient (Wildman–Crippen LogP) is 3.50. The number of carboxylic acids is 1. The van der Waals surface area contributed by atoms with E-state index in [1.165, 1.54) is 0 Å². The maximum Gasteiger partial charge on any atom is 0.416 e. The van der Waals surface area contributed by atoms with Crippen molar-refractivity contribution >= 4 is 44.8 Å². The van der Waals surface area contributed by atoms with E-state index in [2.05, 4.69) is 10.3 Å². The summed E-state index contributed by atoms with van der Waals surface area (Å²) in [4.78, 5) is 27.3. The molecule has 0 unspecified atom stereocenters. The lowest BCUT2D eigenvalue weighted by Gasteiger charge is -2.23. The number of alkyl halides is 3. The molecular weight excluding hydrogens is 529 g/mol. The van der Waals surface area contributed by atoms with E-state index in [-0.39, 0.29) is 23.7 Å². The number of benzene rings is 2. The first-order valence-electron chi connectivity index (χ1n) is 9.97. The van der Waals surface area contributed by atoms with Crippen LogP contribution in [0.4, 0.5) is 44.8 Å². The highest BCUT2D eigenvalue weighted by Gasteiger charge is 2.33. The van der Waals surface area contributed by atoms with Gasteiger partial charge in [0.05, 0.1) is 34.1 Å².